The highest BCUT2D eigenvalue weighted by atomic mass is 16.5. The minimum atomic E-state index is -0.0675. The number of nitrogens with one attached hydrogen (secondary N) is 1. The normalized spacial score (nSPS) is 12.1. The van der Waals surface area contributed by atoms with Gasteiger partial charge in [0.05, 0.1) is 13.2 Å². The molecule has 19 heavy (non-hydrogen) atoms. The topological polar surface area (TPSA) is 86.2 Å². The van der Waals surface area contributed by atoms with E-state index in [4.69, 9.17) is 16.3 Å². The summed E-state index contributed by atoms with van der Waals surface area (Å²) in [6, 6.07) is 9.58. The predicted molar refractivity (Wildman–Crippen MR) is 75.4 cm³/mol. The van der Waals surface area contributed by atoms with Crippen molar-refractivity contribution in [3.8, 4) is 5.75 Å². The van der Waals surface area contributed by atoms with Crippen LogP contribution in [-0.4, -0.2) is 12.1 Å². The monoisotopic (exact) mass is 258 g/mol. The van der Waals surface area contributed by atoms with Crippen molar-refractivity contribution in [3.63, 3.8) is 0 Å². The van der Waals surface area contributed by atoms with Gasteiger partial charge in [-0.3, -0.25) is 16.3 Å². The molecule has 1 heterocycles. The molecule has 1 atom stereocenters. The molecule has 5 N–H and O–H groups in total. The Morgan fingerprint density at radius 1 is 1.26 bits per heavy atom. The largest absolute Gasteiger partial charge is 0.497 e. The lowest BCUT2D eigenvalue weighted by Gasteiger charge is -2.18. The van der Waals surface area contributed by atoms with E-state index in [1.54, 1.807) is 25.6 Å². The van der Waals surface area contributed by atoms with Crippen LogP contribution in [0.1, 0.15) is 17.2 Å². The Balaban J connectivity index is 2.17. The van der Waals surface area contributed by atoms with Crippen molar-refractivity contribution in [3.05, 3.63) is 53.9 Å². The van der Waals surface area contributed by atoms with Crippen molar-refractivity contribution in [1.29, 1.82) is 0 Å². The molecule has 1 unspecified atom stereocenters. The second kappa shape index (κ2) is 6.17. The molecule has 0 saturated carbocycles. The summed E-state index contributed by atoms with van der Waals surface area (Å²) in [4.78, 5) is 4.09. The Bertz CT molecular complexity index is 527. The van der Waals surface area contributed by atoms with Gasteiger partial charge >= 0.3 is 0 Å². The van der Waals surface area contributed by atoms with E-state index >= 15 is 0 Å². The van der Waals surface area contributed by atoms with Gasteiger partial charge in [-0.2, -0.15) is 0 Å². The van der Waals surface area contributed by atoms with E-state index < -0.39 is 0 Å². The van der Waals surface area contributed by atoms with E-state index in [1.165, 1.54) is 0 Å². The quantitative estimate of drug-likeness (QED) is 0.558. The Hall–Kier alpha value is -2.11. The predicted octanol–water partition coefficient (Wildman–Crippen LogP) is 1.42. The lowest BCUT2D eigenvalue weighted by molar-refractivity contribution is 0.414. The summed E-state index contributed by atoms with van der Waals surface area (Å²) in [5, 5.41) is 0. The third-order valence-electron chi connectivity index (χ3n) is 3.06. The van der Waals surface area contributed by atoms with Crippen LogP contribution in [0.2, 0.25) is 0 Å². The summed E-state index contributed by atoms with van der Waals surface area (Å²) in [7, 11) is 1.65. The Labute approximate surface area is 112 Å². The van der Waals surface area contributed by atoms with Gasteiger partial charge in [0.1, 0.15) is 5.75 Å². The third-order valence-corrected chi connectivity index (χ3v) is 3.06. The van der Waals surface area contributed by atoms with Gasteiger partial charge in [-0.25, -0.2) is 0 Å². The second-order valence-electron chi connectivity index (χ2n) is 4.28. The highest BCUT2D eigenvalue weighted by molar-refractivity contribution is 5.46. The van der Waals surface area contributed by atoms with Gasteiger partial charge in [-0.15, -0.1) is 0 Å². The fourth-order valence-electron chi connectivity index (χ4n) is 1.96. The number of rotatable bonds is 5. The number of anilines is 1. The van der Waals surface area contributed by atoms with E-state index in [0.29, 0.717) is 5.69 Å². The van der Waals surface area contributed by atoms with Crippen LogP contribution in [0.3, 0.4) is 0 Å². The van der Waals surface area contributed by atoms with Gasteiger partial charge in [0.2, 0.25) is 0 Å². The van der Waals surface area contributed by atoms with Crippen molar-refractivity contribution in [1.82, 2.24) is 10.4 Å². The maximum atomic E-state index is 5.94. The third kappa shape index (κ3) is 3.21. The van der Waals surface area contributed by atoms with Gasteiger partial charge in [-0.1, -0.05) is 12.1 Å². The maximum absolute atomic E-state index is 5.94. The summed E-state index contributed by atoms with van der Waals surface area (Å²) in [5.41, 5.74) is 11.5. The first-order valence-electron chi connectivity index (χ1n) is 6.03. The fourth-order valence-corrected chi connectivity index (χ4v) is 1.96. The standard InChI is InChI=1S/C14H18N4O/c1-19-11-4-2-10(3-5-11)8-14(18-16)12-9-17-7-6-13(12)15/h2-7,9,14,18H,8,16H2,1H3,(H2,15,17). The molecule has 0 aliphatic carbocycles. The van der Waals surface area contributed by atoms with Crippen LogP contribution in [0, 0.1) is 0 Å². The average molecular weight is 258 g/mol. The molecule has 0 radical (unpaired) electrons. The molecule has 0 saturated heterocycles. The summed E-state index contributed by atoms with van der Waals surface area (Å²) >= 11 is 0. The molecular formula is C14H18N4O. The molecular weight excluding hydrogens is 240 g/mol. The van der Waals surface area contributed by atoms with Gasteiger partial charge in [0.25, 0.3) is 0 Å². The van der Waals surface area contributed by atoms with E-state index in [9.17, 15) is 0 Å². The van der Waals surface area contributed by atoms with Crippen molar-refractivity contribution in [2.45, 2.75) is 12.5 Å². The smallest absolute Gasteiger partial charge is 0.118 e. The Kier molecular flexibility index (Phi) is 4.33. The molecule has 0 aliphatic rings. The number of nitrogens with zero attached hydrogens (tertiary/aromatic N) is 1. The van der Waals surface area contributed by atoms with Crippen LogP contribution in [-0.2, 0) is 6.42 Å². The summed E-state index contributed by atoms with van der Waals surface area (Å²) < 4.78 is 5.13. The molecule has 1 aromatic carbocycles. The van der Waals surface area contributed by atoms with Crippen LogP contribution in [0.25, 0.3) is 0 Å². The molecule has 5 heteroatoms. The van der Waals surface area contributed by atoms with Gasteiger partial charge in [-0.05, 0) is 30.2 Å². The van der Waals surface area contributed by atoms with E-state index in [0.717, 1.165) is 23.3 Å². The number of benzene rings is 1. The Morgan fingerprint density at radius 2 is 2.00 bits per heavy atom. The van der Waals surface area contributed by atoms with Crippen molar-refractivity contribution in [2.24, 2.45) is 5.84 Å². The maximum Gasteiger partial charge on any atom is 0.118 e. The zero-order chi connectivity index (χ0) is 13.7. The molecule has 0 fully saturated rings. The zero-order valence-electron chi connectivity index (χ0n) is 10.8. The van der Waals surface area contributed by atoms with Crippen molar-refractivity contribution in [2.75, 3.05) is 12.8 Å². The minimum Gasteiger partial charge on any atom is -0.497 e. The number of hydrazine groups is 1. The number of aromatic nitrogens is 1. The molecule has 0 spiro atoms. The first-order valence-corrected chi connectivity index (χ1v) is 6.03. The summed E-state index contributed by atoms with van der Waals surface area (Å²) in [5.74, 6) is 6.45. The van der Waals surface area contributed by atoms with Crippen LogP contribution < -0.4 is 21.7 Å². The van der Waals surface area contributed by atoms with E-state index in [-0.39, 0.29) is 6.04 Å². The number of pyridine rings is 1. The molecule has 5 nitrogen and oxygen atoms in total. The molecule has 1 aromatic heterocycles. The van der Waals surface area contributed by atoms with E-state index in [1.807, 2.05) is 24.3 Å². The average Bonchev–Trinajstić information content (AvgIpc) is 2.46. The molecule has 2 rings (SSSR count). The second-order valence-corrected chi connectivity index (χ2v) is 4.28. The molecule has 100 valence electrons. The lowest BCUT2D eigenvalue weighted by Crippen LogP contribution is -2.30. The van der Waals surface area contributed by atoms with Crippen LogP contribution in [0.4, 0.5) is 5.69 Å². The van der Waals surface area contributed by atoms with Gasteiger partial charge < -0.3 is 10.5 Å². The SMILES string of the molecule is COc1ccc(CC(NN)c2cnccc2N)cc1. The van der Waals surface area contributed by atoms with E-state index in [2.05, 4.69) is 10.4 Å². The molecule has 0 bridgehead atoms. The van der Waals surface area contributed by atoms with Crippen LogP contribution in [0.5, 0.6) is 5.75 Å². The fraction of sp³-hybridized carbons (Fsp3) is 0.214. The number of methoxy groups -OCH3 is 1. The number of nitrogens with two attached hydrogens (primary N) is 2. The summed E-state index contributed by atoms with van der Waals surface area (Å²) in [6.07, 6.45) is 4.14. The lowest BCUT2D eigenvalue weighted by atomic mass is 9.99. The zero-order valence-corrected chi connectivity index (χ0v) is 10.8. The highest BCUT2D eigenvalue weighted by Gasteiger charge is 2.13. The molecule has 0 aliphatic heterocycles. The number of ether oxygens (including phenoxy) is 1. The Morgan fingerprint density at radius 3 is 2.58 bits per heavy atom. The van der Waals surface area contributed by atoms with Gasteiger partial charge in [0, 0.05) is 23.6 Å². The molecule has 0 amide bonds. The number of hydrogen-bond acceptors (Lipinski definition) is 5. The van der Waals surface area contributed by atoms with Crippen molar-refractivity contribution < 1.29 is 4.74 Å². The first-order chi connectivity index (χ1) is 9.24. The summed E-state index contributed by atoms with van der Waals surface area (Å²) in [6.45, 7) is 0. The van der Waals surface area contributed by atoms with Crippen LogP contribution >= 0.6 is 0 Å². The number of hydrogen-bond donors (Lipinski definition) is 3. The molecule has 2 aromatic rings. The first kappa shape index (κ1) is 13.3. The minimum absolute atomic E-state index is 0.0675. The highest BCUT2D eigenvalue weighted by Crippen LogP contribution is 2.23. The van der Waals surface area contributed by atoms with Crippen molar-refractivity contribution >= 4 is 5.69 Å². The van der Waals surface area contributed by atoms with Crippen LogP contribution in [0.15, 0.2) is 42.7 Å². The number of nitrogen functional groups attached to an aromatic ring is 1. The van der Waals surface area contributed by atoms with Gasteiger partial charge in [0.15, 0.2) is 0 Å².